The predicted octanol–water partition coefficient (Wildman–Crippen LogP) is 3.02. The van der Waals surface area contributed by atoms with Crippen molar-refractivity contribution in [2.24, 2.45) is 5.92 Å². The molecule has 0 amide bonds. The Morgan fingerprint density at radius 3 is 2.43 bits per heavy atom. The lowest BCUT2D eigenvalue weighted by Crippen LogP contribution is -2.34. The van der Waals surface area contributed by atoms with Crippen molar-refractivity contribution in [3.8, 4) is 0 Å². The Labute approximate surface area is 96.4 Å². The first kappa shape index (κ1) is 12.7. The summed E-state index contributed by atoms with van der Waals surface area (Å²) in [6.45, 7) is 6.69. The Kier molecular flexibility index (Phi) is 5.72. The Hall–Kier alpha value is 0.660. The van der Waals surface area contributed by atoms with E-state index >= 15 is 0 Å². The molecular weight excluding hydrogens is 212 g/mol. The average Bonchev–Trinajstić information content (AvgIpc) is 2.15. The molecule has 1 saturated heterocycles. The minimum atomic E-state index is -0.0924. The minimum Gasteiger partial charge on any atom is -0.392 e. The lowest BCUT2D eigenvalue weighted by Gasteiger charge is -2.31. The normalized spacial score (nSPS) is 30.6. The molecular formula is C11H22OS2. The second-order valence-corrected chi connectivity index (χ2v) is 7.22. The first-order chi connectivity index (χ1) is 6.61. The van der Waals surface area contributed by atoms with Crippen LogP contribution in [0.25, 0.3) is 0 Å². The first-order valence-corrected chi connectivity index (χ1v) is 7.62. The number of hydrogen-bond acceptors (Lipinski definition) is 3. The molecule has 0 spiro atoms. The fourth-order valence-electron chi connectivity index (χ4n) is 1.74. The quantitative estimate of drug-likeness (QED) is 0.807. The molecule has 3 heteroatoms. The van der Waals surface area contributed by atoms with Crippen molar-refractivity contribution in [3.05, 3.63) is 0 Å². The number of rotatable bonds is 4. The summed E-state index contributed by atoms with van der Waals surface area (Å²) in [6, 6.07) is 0. The third kappa shape index (κ3) is 4.03. The van der Waals surface area contributed by atoms with Gasteiger partial charge < -0.3 is 5.11 Å². The summed E-state index contributed by atoms with van der Waals surface area (Å²) in [4.78, 5) is 0. The van der Waals surface area contributed by atoms with E-state index < -0.39 is 0 Å². The highest BCUT2D eigenvalue weighted by Crippen LogP contribution is 2.34. The maximum Gasteiger partial charge on any atom is 0.0669 e. The smallest absolute Gasteiger partial charge is 0.0669 e. The van der Waals surface area contributed by atoms with Crippen LogP contribution in [0.1, 0.15) is 33.6 Å². The van der Waals surface area contributed by atoms with Gasteiger partial charge in [-0.1, -0.05) is 20.8 Å². The zero-order valence-corrected chi connectivity index (χ0v) is 11.0. The topological polar surface area (TPSA) is 20.2 Å². The van der Waals surface area contributed by atoms with Crippen LogP contribution in [0.2, 0.25) is 0 Å². The van der Waals surface area contributed by atoms with Crippen LogP contribution in [0.3, 0.4) is 0 Å². The number of thioether (sulfide) groups is 2. The van der Waals surface area contributed by atoms with Crippen LogP contribution in [-0.4, -0.2) is 33.2 Å². The molecule has 1 nitrogen and oxygen atoms in total. The van der Waals surface area contributed by atoms with Gasteiger partial charge in [0, 0.05) is 22.0 Å². The van der Waals surface area contributed by atoms with E-state index in [1.165, 1.54) is 11.5 Å². The summed E-state index contributed by atoms with van der Waals surface area (Å²) in [7, 11) is 0. The van der Waals surface area contributed by atoms with Gasteiger partial charge in [-0.05, 0) is 18.8 Å². The van der Waals surface area contributed by atoms with Crippen molar-refractivity contribution in [2.45, 2.75) is 50.2 Å². The van der Waals surface area contributed by atoms with Crippen molar-refractivity contribution < 1.29 is 5.11 Å². The molecule has 1 aliphatic heterocycles. The number of hydrogen-bond donors (Lipinski definition) is 1. The highest BCUT2D eigenvalue weighted by atomic mass is 32.2. The van der Waals surface area contributed by atoms with Gasteiger partial charge in [-0.3, -0.25) is 0 Å². The second kappa shape index (κ2) is 6.29. The first-order valence-electron chi connectivity index (χ1n) is 5.52. The second-order valence-electron chi connectivity index (χ2n) is 4.45. The molecule has 1 heterocycles. The van der Waals surface area contributed by atoms with Crippen LogP contribution < -0.4 is 0 Å². The molecule has 1 rings (SSSR count). The minimum absolute atomic E-state index is 0.0924. The van der Waals surface area contributed by atoms with Crippen molar-refractivity contribution in [1.29, 1.82) is 0 Å². The Bertz CT molecular complexity index is 161. The van der Waals surface area contributed by atoms with Gasteiger partial charge in [0.1, 0.15) is 0 Å². The highest BCUT2D eigenvalue weighted by Gasteiger charge is 2.28. The van der Waals surface area contributed by atoms with Crippen molar-refractivity contribution in [1.82, 2.24) is 0 Å². The molecule has 0 radical (unpaired) electrons. The largest absolute Gasteiger partial charge is 0.392 e. The van der Waals surface area contributed by atoms with E-state index in [0.717, 1.165) is 12.8 Å². The summed E-state index contributed by atoms with van der Waals surface area (Å²) in [5.41, 5.74) is 0. The van der Waals surface area contributed by atoms with E-state index in [2.05, 4.69) is 20.8 Å². The number of aliphatic hydroxyl groups is 1. The Balaban J connectivity index is 2.30. The summed E-state index contributed by atoms with van der Waals surface area (Å²) < 4.78 is 0. The molecule has 3 unspecified atom stereocenters. The molecule has 84 valence electrons. The van der Waals surface area contributed by atoms with Gasteiger partial charge in [-0.25, -0.2) is 0 Å². The molecule has 0 aliphatic carbocycles. The number of aliphatic hydroxyl groups excluding tert-OH is 1. The van der Waals surface area contributed by atoms with E-state index in [-0.39, 0.29) is 6.10 Å². The standard InChI is InChI=1S/C11H22OS2/c1-8(2)4-5-10(12)11-9(3)13-6-7-14-11/h8-12H,4-7H2,1-3H3. The van der Waals surface area contributed by atoms with E-state index in [1.54, 1.807) is 0 Å². The van der Waals surface area contributed by atoms with E-state index in [0.29, 0.717) is 16.4 Å². The third-order valence-corrected chi connectivity index (χ3v) is 5.89. The maximum atomic E-state index is 10.1. The molecule has 0 saturated carbocycles. The molecule has 1 fully saturated rings. The van der Waals surface area contributed by atoms with Gasteiger partial charge in [0.05, 0.1) is 6.10 Å². The zero-order valence-electron chi connectivity index (χ0n) is 9.40. The molecule has 0 aromatic rings. The summed E-state index contributed by atoms with van der Waals surface area (Å²) in [6.07, 6.45) is 2.03. The van der Waals surface area contributed by atoms with Gasteiger partial charge >= 0.3 is 0 Å². The van der Waals surface area contributed by atoms with E-state index in [9.17, 15) is 5.11 Å². The van der Waals surface area contributed by atoms with Crippen LogP contribution in [-0.2, 0) is 0 Å². The Morgan fingerprint density at radius 1 is 1.21 bits per heavy atom. The van der Waals surface area contributed by atoms with E-state index in [4.69, 9.17) is 0 Å². The zero-order chi connectivity index (χ0) is 10.6. The van der Waals surface area contributed by atoms with E-state index in [1.807, 2.05) is 23.5 Å². The lowest BCUT2D eigenvalue weighted by molar-refractivity contribution is 0.153. The fourth-order valence-corrected chi connectivity index (χ4v) is 4.63. The lowest BCUT2D eigenvalue weighted by atomic mass is 10.0. The van der Waals surface area contributed by atoms with Crippen LogP contribution in [0.5, 0.6) is 0 Å². The van der Waals surface area contributed by atoms with Gasteiger partial charge in [0.25, 0.3) is 0 Å². The molecule has 0 bridgehead atoms. The molecule has 0 aromatic heterocycles. The molecule has 14 heavy (non-hydrogen) atoms. The Morgan fingerprint density at radius 2 is 1.86 bits per heavy atom. The van der Waals surface area contributed by atoms with Crippen LogP contribution >= 0.6 is 23.5 Å². The van der Waals surface area contributed by atoms with Crippen molar-refractivity contribution in [2.75, 3.05) is 11.5 Å². The summed E-state index contributed by atoms with van der Waals surface area (Å²) in [5.74, 6) is 3.17. The van der Waals surface area contributed by atoms with Crippen LogP contribution in [0.4, 0.5) is 0 Å². The third-order valence-electron chi connectivity index (χ3n) is 2.66. The summed E-state index contributed by atoms with van der Waals surface area (Å²) >= 11 is 3.97. The van der Waals surface area contributed by atoms with Gasteiger partial charge in [0.15, 0.2) is 0 Å². The van der Waals surface area contributed by atoms with Crippen molar-refractivity contribution in [3.63, 3.8) is 0 Å². The summed E-state index contributed by atoms with van der Waals surface area (Å²) in [5, 5.41) is 11.1. The van der Waals surface area contributed by atoms with Gasteiger partial charge in [-0.2, -0.15) is 23.5 Å². The molecule has 3 atom stereocenters. The predicted molar refractivity (Wildman–Crippen MR) is 68.2 cm³/mol. The van der Waals surface area contributed by atoms with Gasteiger partial charge in [0.2, 0.25) is 0 Å². The molecule has 1 N–H and O–H groups in total. The van der Waals surface area contributed by atoms with Gasteiger partial charge in [-0.15, -0.1) is 0 Å². The van der Waals surface area contributed by atoms with Crippen molar-refractivity contribution >= 4 is 23.5 Å². The highest BCUT2D eigenvalue weighted by molar-refractivity contribution is 8.07. The molecule has 0 aromatic carbocycles. The monoisotopic (exact) mass is 234 g/mol. The molecule has 1 aliphatic rings. The fraction of sp³-hybridized carbons (Fsp3) is 1.00. The van der Waals surface area contributed by atoms with Crippen LogP contribution in [0, 0.1) is 5.92 Å². The van der Waals surface area contributed by atoms with Crippen LogP contribution in [0.15, 0.2) is 0 Å². The maximum absolute atomic E-state index is 10.1. The average molecular weight is 234 g/mol. The SMILES string of the molecule is CC(C)CCC(O)C1SCCSC1C.